The molecule has 0 saturated heterocycles. The zero-order valence-corrected chi connectivity index (χ0v) is 17.1. The van der Waals surface area contributed by atoms with E-state index in [2.05, 4.69) is 0 Å². The largest absolute Gasteiger partial charge is 0.493 e. The van der Waals surface area contributed by atoms with Crippen LogP contribution < -0.4 is 34.0 Å². The predicted molar refractivity (Wildman–Crippen MR) is 107 cm³/mol. The number of rotatable bonds is 7. The van der Waals surface area contributed by atoms with E-state index in [1.807, 2.05) is 0 Å². The van der Waals surface area contributed by atoms with Crippen molar-refractivity contribution in [3.05, 3.63) is 34.7 Å². The molecule has 1 heterocycles. The standard InChI is InChI=1S/C21H22O8/c1-23-14-7-11(8-15(24-2)19(14)26-4)12-9-17(22)29-13-10-16(25-3)20(27-5)21(28-6)18(12)13/h7-10H,1-6H3. The minimum atomic E-state index is -0.532. The highest BCUT2D eigenvalue weighted by Crippen LogP contribution is 2.48. The Hall–Kier alpha value is -3.55. The molecule has 0 N–H and O–H groups in total. The Morgan fingerprint density at radius 3 is 1.62 bits per heavy atom. The van der Waals surface area contributed by atoms with Crippen LogP contribution in [0.3, 0.4) is 0 Å². The summed E-state index contributed by atoms with van der Waals surface area (Å²) < 4.78 is 38.1. The minimum absolute atomic E-state index is 0.288. The summed E-state index contributed by atoms with van der Waals surface area (Å²) in [6, 6.07) is 6.44. The number of methoxy groups -OCH3 is 6. The van der Waals surface area contributed by atoms with Crippen molar-refractivity contribution in [2.45, 2.75) is 0 Å². The summed E-state index contributed by atoms with van der Waals surface area (Å²) >= 11 is 0. The topological polar surface area (TPSA) is 85.6 Å². The van der Waals surface area contributed by atoms with Gasteiger partial charge in [-0.1, -0.05) is 0 Å². The summed E-state index contributed by atoms with van der Waals surface area (Å²) in [6.07, 6.45) is 0. The summed E-state index contributed by atoms with van der Waals surface area (Å²) in [7, 11) is 9.06. The smallest absolute Gasteiger partial charge is 0.336 e. The quantitative estimate of drug-likeness (QED) is 0.555. The van der Waals surface area contributed by atoms with Crippen LogP contribution in [0.1, 0.15) is 0 Å². The first-order chi connectivity index (χ1) is 14.0. The molecule has 0 atom stereocenters. The second-order valence-electron chi connectivity index (χ2n) is 5.91. The summed E-state index contributed by atoms with van der Waals surface area (Å²) in [6.45, 7) is 0. The van der Waals surface area contributed by atoms with Crippen LogP contribution in [0.2, 0.25) is 0 Å². The molecule has 29 heavy (non-hydrogen) atoms. The molecular weight excluding hydrogens is 380 g/mol. The van der Waals surface area contributed by atoms with Crippen LogP contribution in [0.25, 0.3) is 22.1 Å². The van der Waals surface area contributed by atoms with E-state index in [1.165, 1.54) is 48.7 Å². The van der Waals surface area contributed by atoms with Crippen molar-refractivity contribution < 1.29 is 32.8 Å². The highest BCUT2D eigenvalue weighted by molar-refractivity contribution is 6.01. The van der Waals surface area contributed by atoms with E-state index in [-0.39, 0.29) is 5.58 Å². The highest BCUT2D eigenvalue weighted by Gasteiger charge is 2.23. The number of hydrogen-bond acceptors (Lipinski definition) is 8. The van der Waals surface area contributed by atoms with Gasteiger partial charge >= 0.3 is 5.63 Å². The van der Waals surface area contributed by atoms with Gasteiger partial charge in [0.1, 0.15) is 5.58 Å². The van der Waals surface area contributed by atoms with Gasteiger partial charge in [0, 0.05) is 17.7 Å². The summed E-state index contributed by atoms with van der Waals surface area (Å²) in [5.41, 5.74) is 0.947. The lowest BCUT2D eigenvalue weighted by molar-refractivity contribution is 0.324. The SMILES string of the molecule is COc1cc(-c2cc(=O)oc3cc(OC)c(OC)c(OC)c23)cc(OC)c1OC. The first kappa shape index (κ1) is 20.2. The molecule has 2 aromatic carbocycles. The molecule has 0 aliphatic rings. The number of ether oxygens (including phenoxy) is 6. The average molecular weight is 402 g/mol. The summed E-state index contributed by atoms with van der Waals surface area (Å²) in [5, 5.41) is 0.541. The molecule has 0 fully saturated rings. The molecule has 0 aliphatic heterocycles. The van der Waals surface area contributed by atoms with Gasteiger partial charge < -0.3 is 32.8 Å². The maximum Gasteiger partial charge on any atom is 0.336 e. The third kappa shape index (κ3) is 3.37. The van der Waals surface area contributed by atoms with Crippen LogP contribution in [-0.4, -0.2) is 42.7 Å². The number of fused-ring (bicyclic) bond motifs is 1. The fourth-order valence-corrected chi connectivity index (χ4v) is 3.26. The van der Waals surface area contributed by atoms with E-state index in [4.69, 9.17) is 32.8 Å². The minimum Gasteiger partial charge on any atom is -0.493 e. The second kappa shape index (κ2) is 8.22. The molecule has 3 aromatic rings. The Morgan fingerprint density at radius 2 is 1.14 bits per heavy atom. The van der Waals surface area contributed by atoms with Crippen molar-refractivity contribution in [3.63, 3.8) is 0 Å². The van der Waals surface area contributed by atoms with E-state index in [1.54, 1.807) is 18.2 Å². The van der Waals surface area contributed by atoms with Gasteiger partial charge in [-0.2, -0.15) is 0 Å². The Kier molecular flexibility index (Phi) is 5.72. The molecule has 154 valence electrons. The van der Waals surface area contributed by atoms with Gasteiger partial charge in [0.2, 0.25) is 11.5 Å². The maximum atomic E-state index is 12.3. The fourth-order valence-electron chi connectivity index (χ4n) is 3.26. The van der Waals surface area contributed by atoms with Gasteiger partial charge in [0.15, 0.2) is 23.0 Å². The van der Waals surface area contributed by atoms with Crippen molar-refractivity contribution in [3.8, 4) is 45.6 Å². The Balaban J connectivity index is 2.46. The molecule has 8 heteroatoms. The molecule has 3 rings (SSSR count). The highest BCUT2D eigenvalue weighted by atomic mass is 16.5. The molecule has 0 amide bonds. The number of benzene rings is 2. The van der Waals surface area contributed by atoms with E-state index in [0.29, 0.717) is 51.0 Å². The lowest BCUT2D eigenvalue weighted by Gasteiger charge is -2.18. The van der Waals surface area contributed by atoms with Gasteiger partial charge in [-0.3, -0.25) is 0 Å². The van der Waals surface area contributed by atoms with Gasteiger partial charge in [-0.05, 0) is 17.7 Å². The van der Waals surface area contributed by atoms with Crippen LogP contribution in [0.4, 0.5) is 0 Å². The van der Waals surface area contributed by atoms with Crippen LogP contribution in [-0.2, 0) is 0 Å². The van der Waals surface area contributed by atoms with Gasteiger partial charge in [-0.25, -0.2) is 4.79 Å². The van der Waals surface area contributed by atoms with E-state index in [0.717, 1.165) is 0 Å². The van der Waals surface area contributed by atoms with Crippen LogP contribution in [0.15, 0.2) is 33.5 Å². The zero-order chi connectivity index (χ0) is 21.1. The van der Waals surface area contributed by atoms with Crippen LogP contribution in [0.5, 0.6) is 34.5 Å². The Morgan fingerprint density at radius 1 is 0.621 bits per heavy atom. The predicted octanol–water partition coefficient (Wildman–Crippen LogP) is 3.51. The van der Waals surface area contributed by atoms with Crippen molar-refractivity contribution >= 4 is 11.0 Å². The molecule has 1 aromatic heterocycles. The molecule has 0 saturated carbocycles. The third-order valence-corrected chi connectivity index (χ3v) is 4.51. The van der Waals surface area contributed by atoms with Crippen LogP contribution >= 0.6 is 0 Å². The fraction of sp³-hybridized carbons (Fsp3) is 0.286. The van der Waals surface area contributed by atoms with Gasteiger partial charge in [0.25, 0.3) is 0 Å². The Bertz CT molecular complexity index is 1080. The van der Waals surface area contributed by atoms with E-state index < -0.39 is 5.63 Å². The van der Waals surface area contributed by atoms with Crippen molar-refractivity contribution in [1.82, 2.24) is 0 Å². The first-order valence-electron chi connectivity index (χ1n) is 8.60. The normalized spacial score (nSPS) is 10.6. The molecule has 0 bridgehead atoms. The maximum absolute atomic E-state index is 12.3. The van der Waals surface area contributed by atoms with Crippen molar-refractivity contribution in [2.24, 2.45) is 0 Å². The monoisotopic (exact) mass is 402 g/mol. The first-order valence-corrected chi connectivity index (χ1v) is 8.60. The third-order valence-electron chi connectivity index (χ3n) is 4.51. The van der Waals surface area contributed by atoms with Crippen molar-refractivity contribution in [2.75, 3.05) is 42.7 Å². The molecule has 0 unspecified atom stereocenters. The summed E-state index contributed by atoms with van der Waals surface area (Å²) in [5.74, 6) is 2.46. The lowest BCUT2D eigenvalue weighted by Crippen LogP contribution is -2.03. The van der Waals surface area contributed by atoms with E-state index in [9.17, 15) is 4.79 Å². The van der Waals surface area contributed by atoms with Crippen molar-refractivity contribution in [1.29, 1.82) is 0 Å². The Labute approximate surface area is 167 Å². The zero-order valence-electron chi connectivity index (χ0n) is 17.1. The van der Waals surface area contributed by atoms with Gasteiger partial charge in [0.05, 0.1) is 48.0 Å². The average Bonchev–Trinajstić information content (AvgIpc) is 2.75. The number of hydrogen-bond donors (Lipinski definition) is 0. The summed E-state index contributed by atoms with van der Waals surface area (Å²) in [4.78, 5) is 12.3. The molecule has 0 radical (unpaired) electrons. The van der Waals surface area contributed by atoms with Crippen LogP contribution in [0, 0.1) is 0 Å². The van der Waals surface area contributed by atoms with Gasteiger partial charge in [-0.15, -0.1) is 0 Å². The molecular formula is C21H22O8. The van der Waals surface area contributed by atoms with E-state index >= 15 is 0 Å². The molecule has 0 aliphatic carbocycles. The molecule has 0 spiro atoms. The molecule has 8 nitrogen and oxygen atoms in total. The lowest BCUT2D eigenvalue weighted by atomic mass is 9.99. The second-order valence-corrected chi connectivity index (χ2v) is 5.91.